The number of urea groups is 1. The first-order valence-electron chi connectivity index (χ1n) is 10.7. The Bertz CT molecular complexity index is 1210. The highest BCUT2D eigenvalue weighted by molar-refractivity contribution is 7.90. The van der Waals surface area contributed by atoms with Gasteiger partial charge in [-0.05, 0) is 48.4 Å². The molecule has 1 heterocycles. The van der Waals surface area contributed by atoms with E-state index in [0.29, 0.717) is 18.0 Å². The number of amides is 2. The van der Waals surface area contributed by atoms with Crippen molar-refractivity contribution in [2.75, 3.05) is 6.54 Å². The maximum atomic E-state index is 12.3. The van der Waals surface area contributed by atoms with Gasteiger partial charge in [-0.25, -0.2) is 22.9 Å². The summed E-state index contributed by atoms with van der Waals surface area (Å²) in [6, 6.07) is 12.8. The van der Waals surface area contributed by atoms with Crippen LogP contribution in [0.4, 0.5) is 4.79 Å². The molecule has 0 aliphatic rings. The van der Waals surface area contributed by atoms with Crippen LogP contribution in [-0.4, -0.2) is 30.5 Å². The van der Waals surface area contributed by atoms with Gasteiger partial charge in [-0.15, -0.1) is 0 Å². The number of aryl methyl sites for hydroxylation is 1. The van der Waals surface area contributed by atoms with Crippen molar-refractivity contribution in [2.24, 2.45) is 0 Å². The van der Waals surface area contributed by atoms with Crippen LogP contribution in [0.1, 0.15) is 44.8 Å². The minimum absolute atomic E-state index is 0.0254. The largest absolute Gasteiger partial charge is 0.337 e. The minimum atomic E-state index is -3.95. The van der Waals surface area contributed by atoms with Crippen LogP contribution >= 0.6 is 11.6 Å². The van der Waals surface area contributed by atoms with E-state index in [4.69, 9.17) is 16.6 Å². The van der Waals surface area contributed by atoms with E-state index < -0.39 is 16.1 Å². The van der Waals surface area contributed by atoms with Crippen molar-refractivity contribution in [2.45, 2.75) is 50.8 Å². The van der Waals surface area contributed by atoms with Crippen LogP contribution in [0.25, 0.3) is 5.69 Å². The molecule has 176 valence electrons. The maximum Gasteiger partial charge on any atom is 0.328 e. The molecule has 9 heteroatoms. The molecule has 0 saturated carbocycles. The Hall–Kier alpha value is -2.84. The predicted molar refractivity (Wildman–Crippen MR) is 131 cm³/mol. The fourth-order valence-electron chi connectivity index (χ4n) is 3.23. The van der Waals surface area contributed by atoms with Crippen molar-refractivity contribution in [3.05, 3.63) is 76.8 Å². The molecule has 33 heavy (non-hydrogen) atoms. The zero-order valence-electron chi connectivity index (χ0n) is 19.2. The molecule has 2 aromatic carbocycles. The number of imidazole rings is 1. The van der Waals surface area contributed by atoms with Crippen LogP contribution in [0, 0.1) is 0 Å². The first kappa shape index (κ1) is 24.8. The molecule has 0 aliphatic heterocycles. The summed E-state index contributed by atoms with van der Waals surface area (Å²) in [6.45, 7) is 8.81. The van der Waals surface area contributed by atoms with Crippen LogP contribution in [0.5, 0.6) is 0 Å². The number of benzene rings is 2. The van der Waals surface area contributed by atoms with Gasteiger partial charge in [0.15, 0.2) is 0 Å². The number of aromatic nitrogens is 2. The molecule has 0 bridgehead atoms. The van der Waals surface area contributed by atoms with Gasteiger partial charge < -0.3 is 9.88 Å². The van der Waals surface area contributed by atoms with E-state index in [2.05, 4.69) is 43.8 Å². The number of rotatable bonds is 7. The molecule has 0 unspecified atom stereocenters. The Balaban J connectivity index is 1.57. The second kappa shape index (κ2) is 9.97. The maximum absolute atomic E-state index is 12.3. The van der Waals surface area contributed by atoms with Gasteiger partial charge in [-0.3, -0.25) is 0 Å². The fourth-order valence-corrected chi connectivity index (χ4v) is 4.28. The Morgan fingerprint density at radius 1 is 1.06 bits per heavy atom. The number of carbonyl (C=O) groups excluding carboxylic acids is 1. The van der Waals surface area contributed by atoms with Crippen molar-refractivity contribution in [3.8, 4) is 5.69 Å². The number of sulfonamides is 1. The molecule has 0 saturated heterocycles. The molecule has 0 fully saturated rings. The summed E-state index contributed by atoms with van der Waals surface area (Å²) in [4.78, 5) is 16.8. The summed E-state index contributed by atoms with van der Waals surface area (Å²) in [5, 5.41) is 3.00. The molecule has 7 nitrogen and oxygen atoms in total. The van der Waals surface area contributed by atoms with Gasteiger partial charge in [-0.2, -0.15) is 0 Å². The Morgan fingerprint density at radius 2 is 1.70 bits per heavy atom. The van der Waals surface area contributed by atoms with Gasteiger partial charge in [0, 0.05) is 35.3 Å². The third kappa shape index (κ3) is 6.36. The number of halogens is 1. The van der Waals surface area contributed by atoms with Gasteiger partial charge in [-0.1, -0.05) is 51.4 Å². The van der Waals surface area contributed by atoms with Gasteiger partial charge in [0.1, 0.15) is 5.82 Å². The highest BCUT2D eigenvalue weighted by atomic mass is 35.5. The lowest BCUT2D eigenvalue weighted by Gasteiger charge is -2.14. The lowest BCUT2D eigenvalue weighted by molar-refractivity contribution is 0.246. The van der Waals surface area contributed by atoms with Gasteiger partial charge in [0.05, 0.1) is 10.6 Å². The molecule has 2 N–H and O–H groups in total. The zero-order valence-corrected chi connectivity index (χ0v) is 20.8. The Labute approximate surface area is 200 Å². The summed E-state index contributed by atoms with van der Waals surface area (Å²) < 4.78 is 28.6. The molecule has 0 atom stereocenters. The summed E-state index contributed by atoms with van der Waals surface area (Å²) >= 11 is 5.77. The van der Waals surface area contributed by atoms with Gasteiger partial charge in [0.2, 0.25) is 0 Å². The van der Waals surface area contributed by atoms with Crippen molar-refractivity contribution >= 4 is 27.7 Å². The van der Waals surface area contributed by atoms with Gasteiger partial charge in [0.25, 0.3) is 10.0 Å². The third-order valence-corrected chi connectivity index (χ3v) is 6.73. The third-order valence-electron chi connectivity index (χ3n) is 5.13. The highest BCUT2D eigenvalue weighted by Crippen LogP contribution is 2.24. The molecule has 0 radical (unpaired) electrons. The monoisotopic (exact) mass is 488 g/mol. The average molecular weight is 489 g/mol. The zero-order chi connectivity index (χ0) is 24.2. The van der Waals surface area contributed by atoms with Crippen molar-refractivity contribution in [1.82, 2.24) is 19.6 Å². The second-order valence-corrected chi connectivity index (χ2v) is 10.9. The van der Waals surface area contributed by atoms with E-state index in [1.807, 2.05) is 29.0 Å². The van der Waals surface area contributed by atoms with E-state index in [1.165, 1.54) is 24.3 Å². The topological polar surface area (TPSA) is 93.1 Å². The normalized spacial score (nSPS) is 11.9. The standard InChI is InChI=1S/C24H29ClN4O3S/c1-5-22-27-21(24(2,3)4)16-29(22)19-10-6-17(7-11-19)14-15-26-23(30)28-33(31,32)20-12-8-18(25)9-13-20/h6-13,16H,5,14-15H2,1-4H3,(H2,26,28,30). The van der Waals surface area contributed by atoms with E-state index in [-0.39, 0.29) is 10.3 Å². The molecule has 3 rings (SSSR count). The smallest absolute Gasteiger partial charge is 0.328 e. The summed E-state index contributed by atoms with van der Waals surface area (Å²) in [5.74, 6) is 1.01. The number of carbonyl (C=O) groups is 1. The molecular weight excluding hydrogens is 460 g/mol. The van der Waals surface area contributed by atoms with Crippen LogP contribution in [0.3, 0.4) is 0 Å². The van der Waals surface area contributed by atoms with E-state index in [9.17, 15) is 13.2 Å². The van der Waals surface area contributed by atoms with Crippen LogP contribution < -0.4 is 10.0 Å². The molecule has 0 aliphatic carbocycles. The summed E-state index contributed by atoms with van der Waals surface area (Å²) in [5.41, 5.74) is 3.07. The first-order chi connectivity index (χ1) is 15.5. The second-order valence-electron chi connectivity index (χ2n) is 8.75. The predicted octanol–water partition coefficient (Wildman–Crippen LogP) is 4.62. The SMILES string of the molecule is CCc1nc(C(C)(C)C)cn1-c1ccc(CCNC(=O)NS(=O)(=O)c2ccc(Cl)cc2)cc1. The van der Waals surface area contributed by atoms with Crippen molar-refractivity contribution in [1.29, 1.82) is 0 Å². The number of hydrogen-bond donors (Lipinski definition) is 2. The molecule has 2 amide bonds. The highest BCUT2D eigenvalue weighted by Gasteiger charge is 2.20. The summed E-state index contributed by atoms with van der Waals surface area (Å²) in [6.07, 6.45) is 3.48. The van der Waals surface area contributed by atoms with E-state index in [0.717, 1.165) is 29.2 Å². The quantitative estimate of drug-likeness (QED) is 0.507. The van der Waals surface area contributed by atoms with E-state index >= 15 is 0 Å². The average Bonchev–Trinajstić information content (AvgIpc) is 3.19. The number of hydrogen-bond acceptors (Lipinski definition) is 4. The number of nitrogens with one attached hydrogen (secondary N) is 2. The van der Waals surface area contributed by atoms with Crippen LogP contribution in [-0.2, 0) is 28.3 Å². The van der Waals surface area contributed by atoms with Crippen LogP contribution in [0.2, 0.25) is 5.02 Å². The molecule has 3 aromatic rings. The lowest BCUT2D eigenvalue weighted by atomic mass is 9.93. The van der Waals surface area contributed by atoms with Crippen molar-refractivity contribution in [3.63, 3.8) is 0 Å². The summed E-state index contributed by atoms with van der Waals surface area (Å²) in [7, 11) is -3.95. The molecular formula is C24H29ClN4O3S. The van der Waals surface area contributed by atoms with Crippen molar-refractivity contribution < 1.29 is 13.2 Å². The van der Waals surface area contributed by atoms with E-state index in [1.54, 1.807) is 0 Å². The number of nitrogens with zero attached hydrogens (tertiary/aromatic N) is 2. The lowest BCUT2D eigenvalue weighted by Crippen LogP contribution is -2.40. The molecule has 0 spiro atoms. The molecule has 1 aromatic heterocycles. The van der Waals surface area contributed by atoms with Crippen LogP contribution in [0.15, 0.2) is 59.6 Å². The van der Waals surface area contributed by atoms with Gasteiger partial charge >= 0.3 is 6.03 Å². The fraction of sp³-hybridized carbons (Fsp3) is 0.333. The Morgan fingerprint density at radius 3 is 2.27 bits per heavy atom. The first-order valence-corrected chi connectivity index (χ1v) is 12.6. The Kier molecular flexibility index (Phi) is 7.49. The minimum Gasteiger partial charge on any atom is -0.337 e.